The van der Waals surface area contributed by atoms with Crippen LogP contribution in [0.25, 0.3) is 17.4 Å². The van der Waals surface area contributed by atoms with E-state index in [4.69, 9.17) is 10.2 Å². The molecule has 5 rings (SSSR count). The van der Waals surface area contributed by atoms with Gasteiger partial charge in [-0.15, -0.1) is 0 Å². The van der Waals surface area contributed by atoms with E-state index in [0.717, 1.165) is 17.3 Å². The van der Waals surface area contributed by atoms with Gasteiger partial charge in [-0.2, -0.15) is 4.99 Å². The molecule has 0 aliphatic carbocycles. The van der Waals surface area contributed by atoms with Gasteiger partial charge in [-0.25, -0.2) is 0 Å². The van der Waals surface area contributed by atoms with E-state index < -0.39 is 15.8 Å². The fourth-order valence-corrected chi connectivity index (χ4v) is 4.59. The van der Waals surface area contributed by atoms with Crippen LogP contribution in [0.3, 0.4) is 0 Å². The molecule has 1 aromatic heterocycles. The number of carbonyl (C=O) groups excluding carboxylic acids is 1. The van der Waals surface area contributed by atoms with Gasteiger partial charge in [0.15, 0.2) is 5.17 Å². The van der Waals surface area contributed by atoms with Crippen LogP contribution in [0.5, 0.6) is 5.75 Å². The van der Waals surface area contributed by atoms with E-state index in [2.05, 4.69) is 30.8 Å². The van der Waals surface area contributed by atoms with E-state index in [1.54, 1.807) is 48.5 Å². The lowest BCUT2D eigenvalue weighted by Crippen LogP contribution is -2.10. The number of thioether (sulfide) groups is 1. The van der Waals surface area contributed by atoms with Gasteiger partial charge in [-0.05, 0) is 58.6 Å². The summed E-state index contributed by atoms with van der Waals surface area (Å²) in [7, 11) is 0. The average Bonchev–Trinajstić information content (AvgIpc) is 3.57. The SMILES string of the molecule is CC(C)(C)c1ccc(O)c(N=Cc2cccc([N+](=O)[O-])c2)c1.NC1=NC(=O)/C(=C/c2ccc(-c3ccccc3[N+](=O)[O-])o2)S1. The molecule has 13 heteroatoms. The number of amides is 1. The molecular weight excluding hydrogens is 586 g/mol. The molecular formula is C31H27N5O7S. The molecule has 1 aliphatic rings. The van der Waals surface area contributed by atoms with Crippen LogP contribution in [-0.2, 0) is 10.2 Å². The van der Waals surface area contributed by atoms with Gasteiger partial charge in [-0.1, -0.05) is 51.1 Å². The molecule has 0 saturated heterocycles. The molecule has 0 bridgehead atoms. The van der Waals surface area contributed by atoms with Crippen LogP contribution < -0.4 is 5.73 Å². The summed E-state index contributed by atoms with van der Waals surface area (Å²) in [5.74, 6) is 0.401. The number of para-hydroxylation sites is 1. The number of aliphatic imine (C=N–C) groups is 2. The van der Waals surface area contributed by atoms with Crippen molar-refractivity contribution in [3.8, 4) is 17.1 Å². The lowest BCUT2D eigenvalue weighted by atomic mass is 9.87. The molecule has 2 heterocycles. The number of benzene rings is 3. The van der Waals surface area contributed by atoms with E-state index in [1.165, 1.54) is 30.5 Å². The zero-order chi connectivity index (χ0) is 32.0. The smallest absolute Gasteiger partial charge is 0.286 e. The highest BCUT2D eigenvalue weighted by Crippen LogP contribution is 2.34. The third-order valence-corrected chi connectivity index (χ3v) is 6.99. The van der Waals surface area contributed by atoms with E-state index in [9.17, 15) is 30.1 Å². The number of aromatic hydroxyl groups is 1. The molecule has 44 heavy (non-hydrogen) atoms. The first-order valence-corrected chi connectivity index (χ1v) is 13.9. The number of phenolic OH excluding ortho intramolecular Hbond substituents is 1. The molecule has 1 amide bonds. The quantitative estimate of drug-likeness (QED) is 0.0986. The van der Waals surface area contributed by atoms with E-state index in [1.807, 2.05) is 12.1 Å². The summed E-state index contributed by atoms with van der Waals surface area (Å²) in [5.41, 5.74) is 7.85. The first kappa shape index (κ1) is 31.4. The monoisotopic (exact) mass is 613 g/mol. The van der Waals surface area contributed by atoms with Gasteiger partial charge >= 0.3 is 0 Å². The Hall–Kier alpha value is -5.56. The van der Waals surface area contributed by atoms with Crippen LogP contribution in [0.15, 0.2) is 98.2 Å². The predicted octanol–water partition coefficient (Wildman–Crippen LogP) is 7.13. The lowest BCUT2D eigenvalue weighted by molar-refractivity contribution is -0.384. The molecule has 0 fully saturated rings. The number of phenols is 1. The molecule has 3 aromatic carbocycles. The zero-order valence-corrected chi connectivity index (χ0v) is 24.6. The highest BCUT2D eigenvalue weighted by Gasteiger charge is 2.21. The largest absolute Gasteiger partial charge is 0.506 e. The molecule has 1 aliphatic heterocycles. The van der Waals surface area contributed by atoms with Gasteiger partial charge < -0.3 is 15.3 Å². The summed E-state index contributed by atoms with van der Waals surface area (Å²) in [5, 5.41) is 31.9. The number of carbonyl (C=O) groups is 1. The van der Waals surface area contributed by atoms with Crippen molar-refractivity contribution in [2.75, 3.05) is 0 Å². The number of amidine groups is 1. The van der Waals surface area contributed by atoms with Crippen LogP contribution in [0.2, 0.25) is 0 Å². The Morgan fingerprint density at radius 1 is 0.977 bits per heavy atom. The number of hydrogen-bond acceptors (Lipinski definition) is 10. The van der Waals surface area contributed by atoms with Crippen LogP contribution >= 0.6 is 11.8 Å². The van der Waals surface area contributed by atoms with Gasteiger partial charge in [0, 0.05) is 30.5 Å². The third-order valence-electron chi connectivity index (χ3n) is 6.18. The average molecular weight is 614 g/mol. The summed E-state index contributed by atoms with van der Waals surface area (Å²) in [6.07, 6.45) is 3.02. The summed E-state index contributed by atoms with van der Waals surface area (Å²) < 4.78 is 5.57. The maximum absolute atomic E-state index is 11.5. The Morgan fingerprint density at radius 3 is 2.39 bits per heavy atom. The van der Waals surface area contributed by atoms with Crippen molar-refractivity contribution >= 4 is 52.2 Å². The van der Waals surface area contributed by atoms with Crippen molar-refractivity contribution in [2.45, 2.75) is 26.2 Å². The molecule has 0 unspecified atom stereocenters. The minimum atomic E-state index is -0.471. The molecule has 0 atom stereocenters. The Bertz CT molecular complexity index is 1840. The minimum Gasteiger partial charge on any atom is -0.506 e. The van der Waals surface area contributed by atoms with E-state index >= 15 is 0 Å². The highest BCUT2D eigenvalue weighted by molar-refractivity contribution is 8.18. The first-order chi connectivity index (χ1) is 20.8. The van der Waals surface area contributed by atoms with Crippen molar-refractivity contribution < 1.29 is 24.2 Å². The number of non-ortho nitro benzene ring substituents is 1. The zero-order valence-electron chi connectivity index (χ0n) is 23.8. The van der Waals surface area contributed by atoms with Crippen LogP contribution in [0, 0.1) is 20.2 Å². The molecule has 12 nitrogen and oxygen atoms in total. The Kier molecular flexibility index (Phi) is 9.39. The predicted molar refractivity (Wildman–Crippen MR) is 170 cm³/mol. The highest BCUT2D eigenvalue weighted by atomic mass is 32.2. The lowest BCUT2D eigenvalue weighted by Gasteiger charge is -2.19. The van der Waals surface area contributed by atoms with Crippen molar-refractivity contribution in [1.29, 1.82) is 0 Å². The molecule has 224 valence electrons. The van der Waals surface area contributed by atoms with Crippen LogP contribution in [0.1, 0.15) is 37.7 Å². The number of nitrogens with two attached hydrogens (primary N) is 1. The Morgan fingerprint density at radius 2 is 1.73 bits per heavy atom. The number of rotatable bonds is 6. The van der Waals surface area contributed by atoms with Gasteiger partial charge in [0.25, 0.3) is 17.3 Å². The second-order valence-electron chi connectivity index (χ2n) is 10.4. The van der Waals surface area contributed by atoms with Crippen LogP contribution in [-0.4, -0.2) is 32.2 Å². The molecule has 0 spiro atoms. The van der Waals surface area contributed by atoms with Gasteiger partial charge in [0.2, 0.25) is 0 Å². The third kappa shape index (κ3) is 7.83. The van der Waals surface area contributed by atoms with E-state index in [-0.39, 0.29) is 27.7 Å². The number of nitrogens with zero attached hydrogens (tertiary/aromatic N) is 4. The molecule has 0 saturated carbocycles. The second-order valence-corrected chi connectivity index (χ2v) is 11.5. The summed E-state index contributed by atoms with van der Waals surface area (Å²) >= 11 is 1.05. The standard InChI is InChI=1S/C17H18N2O3.C14H9N3O4S/c1-17(2,3)13-7-8-16(20)15(10-13)18-11-12-5-4-6-14(9-12)19(21)22;15-14-16-13(18)12(22-14)7-8-5-6-11(21-8)9-3-1-2-4-10(9)17(19)20/h4-11,20H,1-3H3;1-7H,(H2,15,16,18)/b;12-7-. The number of nitro benzene ring substituents is 2. The van der Waals surface area contributed by atoms with Crippen molar-refractivity contribution in [3.63, 3.8) is 0 Å². The Labute approximate surface area is 256 Å². The summed E-state index contributed by atoms with van der Waals surface area (Å²) in [4.78, 5) is 40.6. The maximum Gasteiger partial charge on any atom is 0.286 e. The first-order valence-electron chi connectivity index (χ1n) is 13.1. The number of nitro groups is 2. The molecule has 4 aromatic rings. The maximum atomic E-state index is 11.5. The molecule has 0 radical (unpaired) electrons. The van der Waals surface area contributed by atoms with Crippen molar-refractivity contribution in [2.24, 2.45) is 15.7 Å². The van der Waals surface area contributed by atoms with E-state index in [0.29, 0.717) is 33.2 Å². The van der Waals surface area contributed by atoms with Gasteiger partial charge in [0.1, 0.15) is 23.0 Å². The normalized spacial score (nSPS) is 13.9. The summed E-state index contributed by atoms with van der Waals surface area (Å²) in [6.45, 7) is 6.23. The van der Waals surface area contributed by atoms with Gasteiger partial charge in [-0.3, -0.25) is 30.0 Å². The topological polar surface area (TPSA) is 187 Å². The van der Waals surface area contributed by atoms with Crippen LogP contribution in [0.4, 0.5) is 17.1 Å². The summed E-state index contributed by atoms with van der Waals surface area (Å²) in [6, 6.07) is 21.0. The van der Waals surface area contributed by atoms with Gasteiger partial charge in [0.05, 0.1) is 20.3 Å². The molecule has 3 N–H and O–H groups in total. The second kappa shape index (κ2) is 13.2. The fraction of sp³-hybridized carbons (Fsp3) is 0.129. The number of furan rings is 1. The number of hydrogen-bond donors (Lipinski definition) is 2. The van der Waals surface area contributed by atoms with Crippen molar-refractivity contribution in [1.82, 2.24) is 0 Å². The fourth-order valence-electron chi connectivity index (χ4n) is 3.93. The minimum absolute atomic E-state index is 0.0108. The Balaban J connectivity index is 0.000000201. The van der Waals surface area contributed by atoms with Crippen molar-refractivity contribution in [3.05, 3.63) is 121 Å².